The molecule has 4 aromatic rings. The van der Waals surface area contributed by atoms with Crippen LogP contribution < -0.4 is 5.32 Å². The number of benzene rings is 2. The first-order valence-electron chi connectivity index (χ1n) is 7.85. The molecule has 0 aliphatic carbocycles. The Morgan fingerprint density at radius 2 is 1.67 bits per heavy atom. The molecular weight excluding hydrogens is 489 g/mol. The van der Waals surface area contributed by atoms with E-state index in [0.29, 0.717) is 26.6 Å². The predicted molar refractivity (Wildman–Crippen MR) is 120 cm³/mol. The second-order valence-corrected chi connectivity index (χ2v) is 9.15. The number of halogens is 4. The van der Waals surface area contributed by atoms with Crippen molar-refractivity contribution in [3.63, 3.8) is 0 Å². The molecule has 4 rings (SSSR count). The fourth-order valence-electron chi connectivity index (χ4n) is 2.85. The molecule has 0 aliphatic rings. The average Bonchev–Trinajstić information content (AvgIpc) is 2.97. The van der Waals surface area contributed by atoms with Crippen molar-refractivity contribution in [1.29, 1.82) is 0 Å². The zero-order chi connectivity index (χ0) is 19.1. The van der Waals surface area contributed by atoms with Crippen LogP contribution in [-0.2, 0) is 0 Å². The van der Waals surface area contributed by atoms with E-state index in [-0.39, 0.29) is 0 Å². The van der Waals surface area contributed by atoms with Crippen molar-refractivity contribution in [3.8, 4) is 11.1 Å². The summed E-state index contributed by atoms with van der Waals surface area (Å²) in [6.07, 6.45) is 1.54. The number of aryl methyl sites for hydroxylation is 1. The van der Waals surface area contributed by atoms with Gasteiger partial charge in [-0.3, -0.25) is 0 Å². The van der Waals surface area contributed by atoms with Gasteiger partial charge in [0.2, 0.25) is 0 Å². The highest BCUT2D eigenvalue weighted by atomic mass is 79.9. The third-order valence-corrected chi connectivity index (χ3v) is 6.64. The van der Waals surface area contributed by atoms with E-state index in [1.165, 1.54) is 6.33 Å². The van der Waals surface area contributed by atoms with Gasteiger partial charge in [-0.25, -0.2) is 9.97 Å². The predicted octanol–water partition coefficient (Wildman–Crippen LogP) is 8.13. The Labute approximate surface area is 183 Å². The van der Waals surface area contributed by atoms with Gasteiger partial charge in [-0.1, -0.05) is 62.9 Å². The normalized spacial score (nSPS) is 11.1. The molecule has 0 saturated heterocycles. The van der Waals surface area contributed by atoms with Gasteiger partial charge in [0, 0.05) is 14.9 Å². The first kappa shape index (κ1) is 19.0. The molecule has 0 unspecified atom stereocenters. The van der Waals surface area contributed by atoms with Gasteiger partial charge in [0.1, 0.15) is 17.0 Å². The first-order valence-corrected chi connectivity index (χ1v) is 10.6. The molecule has 0 radical (unpaired) electrons. The van der Waals surface area contributed by atoms with E-state index in [0.717, 1.165) is 30.7 Å². The van der Waals surface area contributed by atoms with Gasteiger partial charge in [-0.05, 0) is 36.8 Å². The summed E-state index contributed by atoms with van der Waals surface area (Å²) in [5.41, 5.74) is 2.83. The van der Waals surface area contributed by atoms with Crippen molar-refractivity contribution in [1.82, 2.24) is 9.97 Å². The van der Waals surface area contributed by atoms with E-state index < -0.39 is 0 Å². The molecule has 0 spiro atoms. The van der Waals surface area contributed by atoms with Crippen LogP contribution in [0.3, 0.4) is 0 Å². The number of nitrogens with zero attached hydrogens (tertiary/aromatic N) is 2. The molecule has 8 heteroatoms. The molecule has 2 aromatic heterocycles. The third-order valence-electron chi connectivity index (χ3n) is 4.06. The zero-order valence-corrected chi connectivity index (χ0v) is 18.5. The number of aromatic nitrogens is 2. The van der Waals surface area contributed by atoms with Crippen LogP contribution >= 0.6 is 62.1 Å². The summed E-state index contributed by atoms with van der Waals surface area (Å²) in [6.45, 7) is 2.08. The number of thiophene rings is 1. The van der Waals surface area contributed by atoms with Gasteiger partial charge in [-0.15, -0.1) is 11.3 Å². The SMILES string of the molecule is Cc1sc2ncnc(Nc3cc(Cl)c(Cl)cc3Cl)c2c1-c1ccc(Br)cc1. The van der Waals surface area contributed by atoms with Gasteiger partial charge < -0.3 is 5.32 Å². The van der Waals surface area contributed by atoms with E-state index >= 15 is 0 Å². The maximum Gasteiger partial charge on any atom is 0.143 e. The number of anilines is 2. The Balaban J connectivity index is 1.89. The minimum absolute atomic E-state index is 0.405. The fraction of sp³-hybridized carbons (Fsp3) is 0.0526. The Kier molecular flexibility index (Phi) is 5.32. The minimum Gasteiger partial charge on any atom is -0.338 e. The average molecular weight is 500 g/mol. The Morgan fingerprint density at radius 3 is 2.41 bits per heavy atom. The van der Waals surface area contributed by atoms with Gasteiger partial charge in [0.05, 0.1) is 26.1 Å². The summed E-state index contributed by atoms with van der Waals surface area (Å²) in [6, 6.07) is 11.5. The minimum atomic E-state index is 0.405. The molecule has 0 amide bonds. The summed E-state index contributed by atoms with van der Waals surface area (Å²) >= 11 is 23.6. The molecule has 0 saturated carbocycles. The van der Waals surface area contributed by atoms with Gasteiger partial charge in [-0.2, -0.15) is 0 Å². The number of rotatable bonds is 3. The van der Waals surface area contributed by atoms with Crippen molar-refractivity contribution in [3.05, 3.63) is 67.1 Å². The summed E-state index contributed by atoms with van der Waals surface area (Å²) in [5.74, 6) is 0.669. The van der Waals surface area contributed by atoms with Crippen LogP contribution in [0, 0.1) is 6.92 Å². The van der Waals surface area contributed by atoms with Crippen molar-refractivity contribution >= 4 is 83.8 Å². The van der Waals surface area contributed by atoms with Gasteiger partial charge >= 0.3 is 0 Å². The molecule has 2 heterocycles. The van der Waals surface area contributed by atoms with Crippen LogP contribution in [-0.4, -0.2) is 9.97 Å². The highest BCUT2D eigenvalue weighted by Gasteiger charge is 2.18. The first-order chi connectivity index (χ1) is 12.9. The number of hydrogen-bond donors (Lipinski definition) is 1. The van der Waals surface area contributed by atoms with Crippen LogP contribution in [0.1, 0.15) is 4.88 Å². The summed E-state index contributed by atoms with van der Waals surface area (Å²) < 4.78 is 1.03. The van der Waals surface area contributed by atoms with Crippen LogP contribution in [0.25, 0.3) is 21.3 Å². The molecule has 0 fully saturated rings. The van der Waals surface area contributed by atoms with Crippen LogP contribution in [0.4, 0.5) is 11.5 Å². The maximum absolute atomic E-state index is 6.33. The molecule has 2 aromatic carbocycles. The van der Waals surface area contributed by atoms with Crippen molar-refractivity contribution in [2.45, 2.75) is 6.92 Å². The molecule has 0 aliphatic heterocycles. The molecule has 0 bridgehead atoms. The smallest absolute Gasteiger partial charge is 0.143 e. The molecule has 1 N–H and O–H groups in total. The van der Waals surface area contributed by atoms with Crippen molar-refractivity contribution in [2.75, 3.05) is 5.32 Å². The lowest BCUT2D eigenvalue weighted by molar-refractivity contribution is 1.23. The fourth-order valence-corrected chi connectivity index (χ4v) is 4.72. The monoisotopic (exact) mass is 497 g/mol. The molecular formula is C19H11BrCl3N3S. The van der Waals surface area contributed by atoms with E-state index in [2.05, 4.69) is 50.3 Å². The molecule has 3 nitrogen and oxygen atoms in total. The lowest BCUT2D eigenvalue weighted by Crippen LogP contribution is -1.96. The van der Waals surface area contributed by atoms with E-state index in [4.69, 9.17) is 34.8 Å². The Bertz CT molecular complexity index is 1160. The summed E-state index contributed by atoms with van der Waals surface area (Å²) in [4.78, 5) is 11.0. The van der Waals surface area contributed by atoms with Crippen molar-refractivity contribution in [2.24, 2.45) is 0 Å². The highest BCUT2D eigenvalue weighted by molar-refractivity contribution is 9.10. The van der Waals surface area contributed by atoms with Crippen LogP contribution in [0.15, 0.2) is 47.2 Å². The van der Waals surface area contributed by atoms with Gasteiger partial charge in [0.25, 0.3) is 0 Å². The number of hydrogen-bond acceptors (Lipinski definition) is 4. The maximum atomic E-state index is 6.33. The molecule has 27 heavy (non-hydrogen) atoms. The highest BCUT2D eigenvalue weighted by Crippen LogP contribution is 2.42. The van der Waals surface area contributed by atoms with Crippen molar-refractivity contribution < 1.29 is 0 Å². The van der Waals surface area contributed by atoms with Crippen LogP contribution in [0.2, 0.25) is 15.1 Å². The Morgan fingerprint density at radius 1 is 0.963 bits per heavy atom. The molecule has 0 atom stereocenters. The second-order valence-electron chi connectivity index (χ2n) is 5.81. The summed E-state index contributed by atoms with van der Waals surface area (Å²) in [7, 11) is 0. The molecule has 136 valence electrons. The second kappa shape index (κ2) is 7.57. The standard InChI is InChI=1S/C19H11BrCl3N3S/c1-9-16(10-2-4-11(20)5-3-10)17-18(24-8-25-19(17)27-9)26-15-7-13(22)12(21)6-14(15)23/h2-8H,1H3,(H,24,25,26). The van der Waals surface area contributed by atoms with E-state index in [9.17, 15) is 0 Å². The number of fused-ring (bicyclic) bond motifs is 1. The number of nitrogens with one attached hydrogen (secondary N) is 1. The third kappa shape index (κ3) is 3.67. The zero-order valence-electron chi connectivity index (χ0n) is 13.9. The summed E-state index contributed by atoms with van der Waals surface area (Å²) in [5, 5.41) is 5.53. The lowest BCUT2D eigenvalue weighted by Gasteiger charge is -2.11. The lowest BCUT2D eigenvalue weighted by atomic mass is 10.0. The quantitative estimate of drug-likeness (QED) is 0.289. The van der Waals surface area contributed by atoms with Gasteiger partial charge in [0.15, 0.2) is 0 Å². The van der Waals surface area contributed by atoms with E-state index in [1.807, 2.05) is 12.1 Å². The largest absolute Gasteiger partial charge is 0.338 e. The topological polar surface area (TPSA) is 37.8 Å². The van der Waals surface area contributed by atoms with E-state index in [1.54, 1.807) is 23.5 Å². The van der Waals surface area contributed by atoms with Crippen LogP contribution in [0.5, 0.6) is 0 Å². The Hall–Kier alpha value is -1.37.